The highest BCUT2D eigenvalue weighted by Gasteiger charge is 2.34. The molecule has 0 aromatic heterocycles. The van der Waals surface area contributed by atoms with Gasteiger partial charge in [-0.25, -0.2) is 8.42 Å². The van der Waals surface area contributed by atoms with Crippen LogP contribution in [0.5, 0.6) is 11.5 Å². The van der Waals surface area contributed by atoms with E-state index < -0.39 is 28.5 Å². The van der Waals surface area contributed by atoms with E-state index >= 15 is 0 Å². The molecule has 0 aliphatic rings. The van der Waals surface area contributed by atoms with Gasteiger partial charge in [0, 0.05) is 28.7 Å². The predicted octanol–water partition coefficient (Wildman–Crippen LogP) is 5.85. The summed E-state index contributed by atoms with van der Waals surface area (Å²) >= 11 is 12.6. The fourth-order valence-corrected chi connectivity index (χ4v) is 6.35. The molecule has 0 aliphatic heterocycles. The summed E-state index contributed by atoms with van der Waals surface area (Å²) in [6, 6.07) is 14.7. The first-order valence-electron chi connectivity index (χ1n) is 13.7. The van der Waals surface area contributed by atoms with Crippen LogP contribution < -0.4 is 19.1 Å². The molecule has 0 bridgehead atoms. The molecule has 9 nitrogen and oxygen atoms in total. The zero-order valence-corrected chi connectivity index (χ0v) is 27.4. The highest BCUT2D eigenvalue weighted by molar-refractivity contribution is 7.92. The Balaban J connectivity index is 2.14. The molecule has 3 aromatic rings. The standard InChI is InChI=1S/C31H37Cl2N3O6S/c1-7-27(31(38)34-20(2)3)35(18-22-10-11-23(32)16-26(22)33)30(37)19-36(24-12-15-28(41-5)29(17-24)42-6)43(39,40)25-13-8-21(4)9-14-25/h8-17,20,27H,7,18-19H2,1-6H3,(H,34,38)/t27-/m0/s1. The maximum Gasteiger partial charge on any atom is 0.264 e. The number of aryl methyl sites for hydroxylation is 1. The molecule has 3 aromatic carbocycles. The minimum Gasteiger partial charge on any atom is -0.493 e. The fraction of sp³-hybridized carbons (Fsp3) is 0.355. The van der Waals surface area contributed by atoms with Crippen LogP contribution in [0.2, 0.25) is 10.0 Å². The normalized spacial score (nSPS) is 12.0. The van der Waals surface area contributed by atoms with Gasteiger partial charge >= 0.3 is 0 Å². The highest BCUT2D eigenvalue weighted by atomic mass is 35.5. The van der Waals surface area contributed by atoms with Gasteiger partial charge in [0.2, 0.25) is 11.8 Å². The Labute approximate surface area is 263 Å². The van der Waals surface area contributed by atoms with Crippen LogP contribution >= 0.6 is 23.2 Å². The molecular formula is C31H37Cl2N3O6S. The van der Waals surface area contributed by atoms with E-state index in [1.807, 2.05) is 20.8 Å². The number of amides is 2. The van der Waals surface area contributed by atoms with Crippen molar-refractivity contribution in [1.82, 2.24) is 10.2 Å². The summed E-state index contributed by atoms with van der Waals surface area (Å²) in [6.07, 6.45) is 0.274. The molecule has 0 saturated carbocycles. The van der Waals surface area contributed by atoms with E-state index in [4.69, 9.17) is 32.7 Å². The molecule has 0 spiro atoms. The van der Waals surface area contributed by atoms with Crippen LogP contribution in [0.4, 0.5) is 5.69 Å². The van der Waals surface area contributed by atoms with E-state index in [1.54, 1.807) is 43.3 Å². The number of carbonyl (C=O) groups is 2. The summed E-state index contributed by atoms with van der Waals surface area (Å²) in [7, 11) is -1.36. The summed E-state index contributed by atoms with van der Waals surface area (Å²) in [5, 5.41) is 3.59. The van der Waals surface area contributed by atoms with Crippen molar-refractivity contribution < 1.29 is 27.5 Å². The van der Waals surface area contributed by atoms with Crippen molar-refractivity contribution in [3.8, 4) is 11.5 Å². The number of rotatable bonds is 13. The number of sulfonamides is 1. The second-order valence-corrected chi connectivity index (χ2v) is 12.9. The van der Waals surface area contributed by atoms with Crippen LogP contribution in [0.15, 0.2) is 65.6 Å². The van der Waals surface area contributed by atoms with Crippen molar-refractivity contribution >= 4 is 50.7 Å². The number of methoxy groups -OCH3 is 2. The Hall–Kier alpha value is -3.47. The van der Waals surface area contributed by atoms with E-state index in [9.17, 15) is 18.0 Å². The van der Waals surface area contributed by atoms with Gasteiger partial charge in [0.25, 0.3) is 10.0 Å². The SMILES string of the molecule is CC[C@@H](C(=O)NC(C)C)N(Cc1ccc(Cl)cc1Cl)C(=O)CN(c1ccc(OC)c(OC)c1)S(=O)(=O)c1ccc(C)cc1. The van der Waals surface area contributed by atoms with Gasteiger partial charge in [-0.05, 0) is 69.2 Å². The number of ether oxygens (including phenoxy) is 2. The van der Waals surface area contributed by atoms with Crippen LogP contribution in [0, 0.1) is 6.92 Å². The lowest BCUT2D eigenvalue weighted by Gasteiger charge is -2.34. The number of nitrogens with zero attached hydrogens (tertiary/aromatic N) is 2. The van der Waals surface area contributed by atoms with Gasteiger partial charge in [0.05, 0.1) is 24.8 Å². The first-order chi connectivity index (χ1) is 20.3. The Morgan fingerprint density at radius 2 is 1.58 bits per heavy atom. The zero-order chi connectivity index (χ0) is 31.9. The largest absolute Gasteiger partial charge is 0.493 e. The van der Waals surface area contributed by atoms with Gasteiger partial charge < -0.3 is 19.7 Å². The maximum atomic E-state index is 14.2. The number of carbonyl (C=O) groups excluding carboxylic acids is 2. The molecule has 0 fully saturated rings. The van der Waals surface area contributed by atoms with Crippen molar-refractivity contribution in [3.05, 3.63) is 81.8 Å². The molecule has 0 radical (unpaired) electrons. The van der Waals surface area contributed by atoms with E-state index in [0.29, 0.717) is 21.4 Å². The van der Waals surface area contributed by atoms with Crippen LogP contribution in [0.3, 0.4) is 0 Å². The highest BCUT2D eigenvalue weighted by Crippen LogP contribution is 2.34. The predicted molar refractivity (Wildman–Crippen MR) is 170 cm³/mol. The molecule has 1 atom stereocenters. The molecule has 2 amide bonds. The van der Waals surface area contributed by atoms with Crippen molar-refractivity contribution in [1.29, 1.82) is 0 Å². The first-order valence-corrected chi connectivity index (χ1v) is 15.9. The van der Waals surface area contributed by atoms with Crippen molar-refractivity contribution in [2.24, 2.45) is 0 Å². The van der Waals surface area contributed by atoms with Crippen LogP contribution in [-0.2, 0) is 26.2 Å². The van der Waals surface area contributed by atoms with Gasteiger partial charge in [-0.15, -0.1) is 0 Å². The summed E-state index contributed by atoms with van der Waals surface area (Å²) < 4.78 is 39.9. The minimum absolute atomic E-state index is 0.00225. The summed E-state index contributed by atoms with van der Waals surface area (Å²) in [4.78, 5) is 28.9. The van der Waals surface area contributed by atoms with Gasteiger partial charge in [0.15, 0.2) is 11.5 Å². The van der Waals surface area contributed by atoms with Gasteiger partial charge in [-0.3, -0.25) is 13.9 Å². The summed E-state index contributed by atoms with van der Waals surface area (Å²) in [5.41, 5.74) is 1.60. The smallest absolute Gasteiger partial charge is 0.264 e. The maximum absolute atomic E-state index is 14.2. The third-order valence-electron chi connectivity index (χ3n) is 6.72. The second kappa shape index (κ2) is 14.8. The molecule has 0 saturated heterocycles. The minimum atomic E-state index is -4.26. The molecule has 232 valence electrons. The van der Waals surface area contributed by atoms with Crippen molar-refractivity contribution in [3.63, 3.8) is 0 Å². The second-order valence-electron chi connectivity index (χ2n) is 10.2. The molecule has 0 heterocycles. The Morgan fingerprint density at radius 3 is 2.14 bits per heavy atom. The number of hydrogen-bond donors (Lipinski definition) is 1. The average Bonchev–Trinajstić information content (AvgIpc) is 2.96. The van der Waals surface area contributed by atoms with Crippen LogP contribution in [0.25, 0.3) is 0 Å². The number of nitrogens with one attached hydrogen (secondary N) is 1. The average molecular weight is 651 g/mol. The van der Waals surface area contributed by atoms with Crippen LogP contribution in [0.1, 0.15) is 38.3 Å². The van der Waals surface area contributed by atoms with E-state index in [2.05, 4.69) is 5.32 Å². The lowest BCUT2D eigenvalue weighted by molar-refractivity contribution is -0.140. The molecule has 12 heteroatoms. The zero-order valence-electron chi connectivity index (χ0n) is 25.1. The molecular weight excluding hydrogens is 613 g/mol. The van der Waals surface area contributed by atoms with Crippen molar-refractivity contribution in [2.75, 3.05) is 25.1 Å². The third-order valence-corrected chi connectivity index (χ3v) is 9.09. The Morgan fingerprint density at radius 1 is 0.930 bits per heavy atom. The number of benzene rings is 3. The fourth-order valence-electron chi connectivity index (χ4n) is 4.48. The van der Waals surface area contributed by atoms with Gasteiger partial charge in [-0.1, -0.05) is 53.9 Å². The Bertz CT molecular complexity index is 1550. The molecule has 3 rings (SSSR count). The lowest BCUT2D eigenvalue weighted by atomic mass is 10.1. The van der Waals surface area contributed by atoms with Crippen molar-refractivity contribution in [2.45, 2.75) is 57.6 Å². The van der Waals surface area contributed by atoms with Gasteiger partial charge in [-0.2, -0.15) is 0 Å². The monoisotopic (exact) mass is 649 g/mol. The van der Waals surface area contributed by atoms with E-state index in [0.717, 1.165) is 9.87 Å². The number of halogens is 2. The molecule has 0 aliphatic carbocycles. The first kappa shape index (κ1) is 34.0. The van der Waals surface area contributed by atoms with Crippen LogP contribution in [-0.4, -0.2) is 58.0 Å². The van der Waals surface area contributed by atoms with Gasteiger partial charge in [0.1, 0.15) is 12.6 Å². The molecule has 43 heavy (non-hydrogen) atoms. The van der Waals surface area contributed by atoms with E-state index in [1.165, 1.54) is 43.4 Å². The Kier molecular flexibility index (Phi) is 11.7. The molecule has 1 N–H and O–H groups in total. The number of anilines is 1. The summed E-state index contributed by atoms with van der Waals surface area (Å²) in [5.74, 6) is -0.304. The quantitative estimate of drug-likeness (QED) is 0.249. The topological polar surface area (TPSA) is 105 Å². The van der Waals surface area contributed by atoms with E-state index in [-0.39, 0.29) is 41.2 Å². The lowest BCUT2D eigenvalue weighted by Crippen LogP contribution is -2.53. The third kappa shape index (κ3) is 8.34. The number of hydrogen-bond acceptors (Lipinski definition) is 6. The summed E-state index contributed by atoms with van der Waals surface area (Å²) in [6.45, 7) is 6.60. The molecule has 0 unspecified atom stereocenters.